The third kappa shape index (κ3) is 2.15. The van der Waals surface area contributed by atoms with Gasteiger partial charge in [-0.1, -0.05) is 11.6 Å². The number of hydrogen-bond acceptors (Lipinski definition) is 3. The van der Waals surface area contributed by atoms with Gasteiger partial charge in [0.15, 0.2) is 11.5 Å². The molecular weight excluding hydrogens is 278 g/mol. The first-order chi connectivity index (χ1) is 8.97. The summed E-state index contributed by atoms with van der Waals surface area (Å²) in [5.74, 6) is 0.929. The molecule has 3 rings (SSSR count). The third-order valence-electron chi connectivity index (χ3n) is 2.88. The van der Waals surface area contributed by atoms with E-state index < -0.39 is 0 Å². The molecule has 5 heteroatoms. The summed E-state index contributed by atoms with van der Waals surface area (Å²) in [5.41, 5.74) is 1.74. The van der Waals surface area contributed by atoms with Crippen LogP contribution in [-0.2, 0) is 5.54 Å². The average molecular weight is 292 g/mol. The second-order valence-electron chi connectivity index (χ2n) is 5.39. The Balaban J connectivity index is 2.35. The molecule has 0 spiro atoms. The minimum Gasteiger partial charge on any atom is -0.303 e. The molecule has 0 aliphatic heterocycles. The maximum absolute atomic E-state index is 6.04. The Morgan fingerprint density at radius 1 is 1.21 bits per heavy atom. The minimum atomic E-state index is -0.0884. The summed E-state index contributed by atoms with van der Waals surface area (Å²) in [5, 5.41) is 0. The van der Waals surface area contributed by atoms with Gasteiger partial charge in [0.25, 0.3) is 0 Å². The largest absolute Gasteiger partial charge is 0.303 e. The lowest BCUT2D eigenvalue weighted by Gasteiger charge is -2.23. The highest BCUT2D eigenvalue weighted by Crippen LogP contribution is 2.35. The SMILES string of the molecule is CC(C)(C)n1c(-c2ccc(Cl)s2)nc2cccnc21. The zero-order valence-electron chi connectivity index (χ0n) is 11.0. The number of aromatic nitrogens is 3. The number of thiophene rings is 1. The molecular formula is C14H14ClN3S. The van der Waals surface area contributed by atoms with Crippen molar-refractivity contribution in [2.45, 2.75) is 26.3 Å². The lowest BCUT2D eigenvalue weighted by molar-refractivity contribution is 0.411. The molecule has 98 valence electrons. The summed E-state index contributed by atoms with van der Waals surface area (Å²) >= 11 is 7.58. The van der Waals surface area contributed by atoms with E-state index in [1.54, 1.807) is 17.5 Å². The predicted octanol–water partition coefficient (Wildman–Crippen LogP) is 4.57. The summed E-state index contributed by atoms with van der Waals surface area (Å²) in [6, 6.07) is 7.81. The summed E-state index contributed by atoms with van der Waals surface area (Å²) in [7, 11) is 0. The molecule has 3 aromatic heterocycles. The highest BCUT2D eigenvalue weighted by molar-refractivity contribution is 7.19. The Morgan fingerprint density at radius 2 is 2.00 bits per heavy atom. The highest BCUT2D eigenvalue weighted by Gasteiger charge is 2.23. The molecule has 3 nitrogen and oxygen atoms in total. The van der Waals surface area contributed by atoms with Crippen molar-refractivity contribution in [3.63, 3.8) is 0 Å². The van der Waals surface area contributed by atoms with Gasteiger partial charge >= 0.3 is 0 Å². The van der Waals surface area contributed by atoms with Crippen LogP contribution in [0.4, 0.5) is 0 Å². The lowest BCUT2D eigenvalue weighted by Crippen LogP contribution is -2.22. The zero-order valence-corrected chi connectivity index (χ0v) is 12.6. The second-order valence-corrected chi connectivity index (χ2v) is 7.11. The van der Waals surface area contributed by atoms with Gasteiger partial charge in [-0.2, -0.15) is 0 Å². The van der Waals surface area contributed by atoms with Crippen LogP contribution in [0, 0.1) is 0 Å². The van der Waals surface area contributed by atoms with E-state index in [2.05, 4.69) is 30.3 Å². The van der Waals surface area contributed by atoms with E-state index in [0.29, 0.717) is 0 Å². The lowest BCUT2D eigenvalue weighted by atomic mass is 10.1. The van der Waals surface area contributed by atoms with Crippen LogP contribution in [-0.4, -0.2) is 14.5 Å². The summed E-state index contributed by atoms with van der Waals surface area (Å²) < 4.78 is 2.94. The summed E-state index contributed by atoms with van der Waals surface area (Å²) in [6.45, 7) is 6.46. The van der Waals surface area contributed by atoms with Gasteiger partial charge < -0.3 is 4.57 Å². The number of fused-ring (bicyclic) bond motifs is 1. The van der Waals surface area contributed by atoms with Crippen LogP contribution in [0.1, 0.15) is 20.8 Å². The van der Waals surface area contributed by atoms with Gasteiger partial charge in [-0.25, -0.2) is 9.97 Å². The van der Waals surface area contributed by atoms with Gasteiger partial charge in [0.05, 0.1) is 9.21 Å². The van der Waals surface area contributed by atoms with Crippen LogP contribution in [0.2, 0.25) is 4.34 Å². The zero-order chi connectivity index (χ0) is 13.6. The van der Waals surface area contributed by atoms with Gasteiger partial charge in [-0.05, 0) is 45.0 Å². The van der Waals surface area contributed by atoms with Crippen molar-refractivity contribution in [2.24, 2.45) is 0 Å². The predicted molar refractivity (Wildman–Crippen MR) is 80.8 cm³/mol. The molecule has 0 aromatic carbocycles. The van der Waals surface area contributed by atoms with Crippen LogP contribution < -0.4 is 0 Å². The average Bonchev–Trinajstić information content (AvgIpc) is 2.90. The van der Waals surface area contributed by atoms with Gasteiger partial charge in [0.2, 0.25) is 0 Å². The molecule has 0 amide bonds. The molecule has 0 bridgehead atoms. The Morgan fingerprint density at radius 3 is 2.63 bits per heavy atom. The second kappa shape index (κ2) is 4.32. The Bertz CT molecular complexity index is 737. The van der Waals surface area contributed by atoms with Crippen LogP contribution in [0.5, 0.6) is 0 Å². The maximum atomic E-state index is 6.04. The number of halogens is 1. The fourth-order valence-corrected chi connectivity index (χ4v) is 3.17. The van der Waals surface area contributed by atoms with Crippen molar-refractivity contribution in [1.29, 1.82) is 0 Å². The molecule has 0 saturated carbocycles. The van der Waals surface area contributed by atoms with Crippen molar-refractivity contribution in [1.82, 2.24) is 14.5 Å². The molecule has 0 aliphatic rings. The Labute approximate surface area is 120 Å². The van der Waals surface area contributed by atoms with Crippen molar-refractivity contribution in [3.05, 3.63) is 34.8 Å². The molecule has 0 atom stereocenters. The van der Waals surface area contributed by atoms with E-state index >= 15 is 0 Å². The fraction of sp³-hybridized carbons (Fsp3) is 0.286. The monoisotopic (exact) mass is 291 g/mol. The van der Waals surface area contributed by atoms with E-state index in [-0.39, 0.29) is 5.54 Å². The number of rotatable bonds is 1. The molecule has 0 radical (unpaired) electrons. The van der Waals surface area contributed by atoms with E-state index in [0.717, 1.165) is 26.2 Å². The first-order valence-electron chi connectivity index (χ1n) is 6.06. The quantitative estimate of drug-likeness (QED) is 0.657. The number of imidazole rings is 1. The molecule has 3 aromatic rings. The maximum Gasteiger partial charge on any atom is 0.160 e. The number of nitrogens with zero attached hydrogens (tertiary/aromatic N) is 3. The molecule has 0 fully saturated rings. The van der Waals surface area contributed by atoms with Crippen molar-refractivity contribution >= 4 is 34.1 Å². The van der Waals surface area contributed by atoms with E-state index in [4.69, 9.17) is 16.6 Å². The molecule has 0 N–H and O–H groups in total. The molecule has 0 aliphatic carbocycles. The number of hydrogen-bond donors (Lipinski definition) is 0. The molecule has 0 unspecified atom stereocenters. The van der Waals surface area contributed by atoms with Gasteiger partial charge in [-0.15, -0.1) is 11.3 Å². The van der Waals surface area contributed by atoms with E-state index in [1.165, 1.54) is 0 Å². The molecule has 0 saturated heterocycles. The third-order valence-corrected chi connectivity index (χ3v) is 4.11. The van der Waals surface area contributed by atoms with Gasteiger partial charge in [-0.3, -0.25) is 0 Å². The van der Waals surface area contributed by atoms with Crippen LogP contribution in [0.15, 0.2) is 30.5 Å². The van der Waals surface area contributed by atoms with Gasteiger partial charge in [0.1, 0.15) is 5.52 Å². The van der Waals surface area contributed by atoms with Crippen molar-refractivity contribution in [3.8, 4) is 10.7 Å². The first kappa shape index (κ1) is 12.6. The van der Waals surface area contributed by atoms with E-state index in [1.807, 2.05) is 24.3 Å². The van der Waals surface area contributed by atoms with Crippen LogP contribution >= 0.6 is 22.9 Å². The highest BCUT2D eigenvalue weighted by atomic mass is 35.5. The van der Waals surface area contributed by atoms with Crippen molar-refractivity contribution < 1.29 is 0 Å². The smallest absolute Gasteiger partial charge is 0.160 e. The molecule has 19 heavy (non-hydrogen) atoms. The minimum absolute atomic E-state index is 0.0884. The number of pyridine rings is 1. The van der Waals surface area contributed by atoms with Crippen LogP contribution in [0.25, 0.3) is 21.9 Å². The summed E-state index contributed by atoms with van der Waals surface area (Å²) in [4.78, 5) is 10.3. The molecule has 3 heterocycles. The first-order valence-corrected chi connectivity index (χ1v) is 7.26. The summed E-state index contributed by atoms with van der Waals surface area (Å²) in [6.07, 6.45) is 1.80. The Kier molecular flexibility index (Phi) is 2.87. The standard InChI is InChI=1S/C14H14ClN3S/c1-14(2,3)18-12-9(5-4-8-16-12)17-13(18)10-6-7-11(15)19-10/h4-8H,1-3H3. The van der Waals surface area contributed by atoms with Gasteiger partial charge in [0, 0.05) is 11.7 Å². The van der Waals surface area contributed by atoms with E-state index in [9.17, 15) is 0 Å². The van der Waals surface area contributed by atoms with Crippen LogP contribution in [0.3, 0.4) is 0 Å². The fourth-order valence-electron chi connectivity index (χ4n) is 2.15. The Hall–Kier alpha value is -1.39. The normalized spacial score (nSPS) is 12.2. The van der Waals surface area contributed by atoms with Crippen molar-refractivity contribution in [2.75, 3.05) is 0 Å². The topological polar surface area (TPSA) is 30.7 Å².